The quantitative estimate of drug-likeness (QED) is 0.634. The Bertz CT molecular complexity index is 505. The number of aromatic hydroxyl groups is 1. The molecule has 118 valence electrons. The van der Waals surface area contributed by atoms with Crippen molar-refractivity contribution < 1.29 is 27.8 Å². The van der Waals surface area contributed by atoms with Gasteiger partial charge in [-0.05, 0) is 12.1 Å². The number of alkyl halides is 6. The number of benzene rings is 1. The Morgan fingerprint density at radius 1 is 1.29 bits per heavy atom. The van der Waals surface area contributed by atoms with Crippen molar-refractivity contribution >= 4 is 40.7 Å². The lowest BCUT2D eigenvalue weighted by atomic mass is 10.2. The molecular weight excluding hydrogens is 357 g/mol. The molecule has 0 aliphatic carbocycles. The molecular formula is C11H9Cl3F3NO3. The number of para-hydroxylation sites is 1. The van der Waals surface area contributed by atoms with Crippen molar-refractivity contribution in [1.29, 1.82) is 0 Å². The highest BCUT2D eigenvalue weighted by molar-refractivity contribution is 6.68. The molecule has 0 aromatic heterocycles. The van der Waals surface area contributed by atoms with Crippen molar-refractivity contribution in [2.75, 3.05) is 6.61 Å². The van der Waals surface area contributed by atoms with E-state index in [2.05, 4.69) is 4.74 Å². The Labute approximate surface area is 132 Å². The maximum Gasteiger partial charge on any atom is 0.411 e. The monoisotopic (exact) mass is 365 g/mol. The van der Waals surface area contributed by atoms with E-state index in [0.29, 0.717) is 0 Å². The van der Waals surface area contributed by atoms with Gasteiger partial charge in [-0.15, -0.1) is 0 Å². The molecule has 2 N–H and O–H groups in total. The fourth-order valence-corrected chi connectivity index (χ4v) is 1.61. The first-order valence-electron chi connectivity index (χ1n) is 5.34. The lowest BCUT2D eigenvalue weighted by molar-refractivity contribution is -0.186. The SMILES string of the molecule is O=C(NC(OCC(F)(F)F)C(Cl)(Cl)Cl)c1ccccc1O. The summed E-state index contributed by atoms with van der Waals surface area (Å²) < 4.78 is 38.4. The zero-order chi connectivity index (χ0) is 16.3. The number of rotatable bonds is 4. The largest absolute Gasteiger partial charge is 0.507 e. The highest BCUT2D eigenvalue weighted by atomic mass is 35.6. The smallest absolute Gasteiger partial charge is 0.411 e. The molecule has 0 aliphatic heterocycles. The minimum atomic E-state index is -4.66. The Hall–Kier alpha value is -0.890. The zero-order valence-electron chi connectivity index (χ0n) is 10.1. The van der Waals surface area contributed by atoms with Gasteiger partial charge in [-0.2, -0.15) is 13.2 Å². The van der Waals surface area contributed by atoms with Crippen LogP contribution in [0.1, 0.15) is 10.4 Å². The van der Waals surface area contributed by atoms with Crippen molar-refractivity contribution in [2.45, 2.75) is 16.2 Å². The average Bonchev–Trinajstić information content (AvgIpc) is 2.32. The first-order chi connectivity index (χ1) is 9.50. The van der Waals surface area contributed by atoms with Gasteiger partial charge in [0.1, 0.15) is 12.4 Å². The van der Waals surface area contributed by atoms with Crippen LogP contribution in [0.5, 0.6) is 5.75 Å². The van der Waals surface area contributed by atoms with E-state index in [9.17, 15) is 23.1 Å². The zero-order valence-corrected chi connectivity index (χ0v) is 12.4. The maximum absolute atomic E-state index is 12.1. The third-order valence-electron chi connectivity index (χ3n) is 2.12. The van der Waals surface area contributed by atoms with Crippen molar-refractivity contribution in [3.63, 3.8) is 0 Å². The van der Waals surface area contributed by atoms with Crippen molar-refractivity contribution in [1.82, 2.24) is 5.32 Å². The van der Waals surface area contributed by atoms with Crippen LogP contribution in [0.2, 0.25) is 0 Å². The average molecular weight is 367 g/mol. The number of carbonyl (C=O) groups excluding carboxylic acids is 1. The molecule has 0 saturated carbocycles. The van der Waals surface area contributed by atoms with Crippen molar-refractivity contribution in [2.24, 2.45) is 0 Å². The second kappa shape index (κ2) is 6.91. The maximum atomic E-state index is 12.1. The molecule has 0 bridgehead atoms. The molecule has 0 aliphatic rings. The summed E-state index contributed by atoms with van der Waals surface area (Å²) in [4.78, 5) is 11.8. The number of ether oxygens (including phenoxy) is 1. The molecule has 1 aromatic carbocycles. The predicted molar refractivity (Wildman–Crippen MR) is 71.7 cm³/mol. The topological polar surface area (TPSA) is 58.6 Å². The van der Waals surface area contributed by atoms with E-state index >= 15 is 0 Å². The van der Waals surface area contributed by atoms with Gasteiger partial charge in [0.2, 0.25) is 3.79 Å². The van der Waals surface area contributed by atoms with Crippen LogP contribution in [0, 0.1) is 0 Å². The second-order valence-electron chi connectivity index (χ2n) is 3.84. The Morgan fingerprint density at radius 2 is 1.86 bits per heavy atom. The molecule has 0 heterocycles. The fraction of sp³-hybridized carbons (Fsp3) is 0.364. The summed E-state index contributed by atoms with van der Waals surface area (Å²) in [6.45, 7) is -1.72. The van der Waals surface area contributed by atoms with E-state index in [1.807, 2.05) is 5.32 Å². The standard InChI is InChI=1S/C11H9Cl3F3NO3/c12-11(13,14)9(21-5-10(15,16)17)18-8(20)6-3-1-2-4-7(6)19/h1-4,9,19H,5H2,(H,18,20). The molecule has 1 rings (SSSR count). The van der Waals surface area contributed by atoms with E-state index in [1.54, 1.807) is 0 Å². The molecule has 21 heavy (non-hydrogen) atoms. The molecule has 1 amide bonds. The van der Waals surface area contributed by atoms with Crippen LogP contribution in [-0.4, -0.2) is 33.8 Å². The van der Waals surface area contributed by atoms with Gasteiger partial charge in [-0.25, -0.2) is 0 Å². The number of phenolic OH excluding ortho intramolecular Hbond substituents is 1. The summed E-state index contributed by atoms with van der Waals surface area (Å²) >= 11 is 16.4. The highest BCUT2D eigenvalue weighted by Gasteiger charge is 2.39. The van der Waals surface area contributed by atoms with Crippen LogP contribution >= 0.6 is 34.8 Å². The van der Waals surface area contributed by atoms with Gasteiger partial charge in [0.15, 0.2) is 6.23 Å². The first-order valence-corrected chi connectivity index (χ1v) is 6.48. The minimum absolute atomic E-state index is 0.202. The molecule has 0 radical (unpaired) electrons. The summed E-state index contributed by atoms with van der Waals surface area (Å²) in [5.41, 5.74) is -0.202. The number of carbonyl (C=O) groups is 1. The summed E-state index contributed by atoms with van der Waals surface area (Å²) in [5, 5.41) is 11.4. The molecule has 1 unspecified atom stereocenters. The van der Waals surface area contributed by atoms with E-state index in [1.165, 1.54) is 24.3 Å². The normalized spacial score (nSPS) is 13.8. The lowest BCUT2D eigenvalue weighted by Crippen LogP contribution is -2.47. The Kier molecular flexibility index (Phi) is 5.98. The van der Waals surface area contributed by atoms with Gasteiger partial charge in [-0.3, -0.25) is 4.79 Å². The van der Waals surface area contributed by atoms with Crippen LogP contribution < -0.4 is 5.32 Å². The van der Waals surface area contributed by atoms with Gasteiger partial charge >= 0.3 is 6.18 Å². The number of halogens is 6. The molecule has 4 nitrogen and oxygen atoms in total. The fourth-order valence-electron chi connectivity index (χ4n) is 1.26. The highest BCUT2D eigenvalue weighted by Crippen LogP contribution is 2.32. The van der Waals surface area contributed by atoms with Crippen LogP contribution in [0.15, 0.2) is 24.3 Å². The summed E-state index contributed by atoms with van der Waals surface area (Å²) in [6.07, 6.45) is -6.51. The van der Waals surface area contributed by atoms with Crippen LogP contribution in [-0.2, 0) is 4.74 Å². The third-order valence-corrected chi connectivity index (χ3v) is 2.72. The summed E-state index contributed by atoms with van der Waals surface area (Å²) in [6, 6.07) is 5.36. The van der Waals surface area contributed by atoms with Crippen LogP contribution in [0.25, 0.3) is 0 Å². The number of nitrogens with one attached hydrogen (secondary N) is 1. The number of hydrogen-bond donors (Lipinski definition) is 2. The van der Waals surface area contributed by atoms with Gasteiger partial charge in [0.25, 0.3) is 5.91 Å². The van der Waals surface area contributed by atoms with Crippen molar-refractivity contribution in [3.8, 4) is 5.75 Å². The van der Waals surface area contributed by atoms with E-state index in [4.69, 9.17) is 34.8 Å². The Balaban J connectivity index is 2.82. The van der Waals surface area contributed by atoms with Gasteiger partial charge in [0.05, 0.1) is 5.56 Å². The van der Waals surface area contributed by atoms with Crippen LogP contribution in [0.4, 0.5) is 13.2 Å². The second-order valence-corrected chi connectivity index (χ2v) is 6.21. The first kappa shape index (κ1) is 18.2. The number of amides is 1. The van der Waals surface area contributed by atoms with Crippen LogP contribution in [0.3, 0.4) is 0 Å². The van der Waals surface area contributed by atoms with Gasteiger partial charge < -0.3 is 15.2 Å². The molecule has 0 spiro atoms. The molecule has 10 heteroatoms. The Morgan fingerprint density at radius 3 is 2.33 bits per heavy atom. The van der Waals surface area contributed by atoms with E-state index < -0.39 is 28.7 Å². The lowest BCUT2D eigenvalue weighted by Gasteiger charge is -2.26. The third kappa shape index (κ3) is 6.17. The van der Waals surface area contributed by atoms with Crippen molar-refractivity contribution in [3.05, 3.63) is 29.8 Å². The van der Waals surface area contributed by atoms with E-state index in [-0.39, 0.29) is 11.3 Å². The summed E-state index contributed by atoms with van der Waals surface area (Å²) in [7, 11) is 0. The molecule has 1 atom stereocenters. The summed E-state index contributed by atoms with van der Waals surface area (Å²) in [5.74, 6) is -1.33. The van der Waals surface area contributed by atoms with E-state index in [0.717, 1.165) is 0 Å². The predicted octanol–water partition coefficient (Wildman–Crippen LogP) is 3.40. The van der Waals surface area contributed by atoms with Gasteiger partial charge in [-0.1, -0.05) is 46.9 Å². The molecule has 1 aromatic rings. The number of hydrogen-bond acceptors (Lipinski definition) is 3. The number of phenols is 1. The molecule has 0 fully saturated rings. The van der Waals surface area contributed by atoms with Gasteiger partial charge in [0, 0.05) is 0 Å². The molecule has 0 saturated heterocycles. The minimum Gasteiger partial charge on any atom is -0.507 e.